The van der Waals surface area contributed by atoms with Gasteiger partial charge in [-0.05, 0) is 48.0 Å². The van der Waals surface area contributed by atoms with Crippen LogP contribution in [0.25, 0.3) is 0 Å². The molecule has 0 atom stereocenters. The molecule has 16 heavy (non-hydrogen) atoms. The van der Waals surface area contributed by atoms with E-state index in [-0.39, 0.29) is 0 Å². The summed E-state index contributed by atoms with van der Waals surface area (Å²) in [6.45, 7) is 15.6. The highest BCUT2D eigenvalue weighted by Gasteiger charge is 2.64. The maximum Gasteiger partial charge on any atom is 0.00726 e. The second kappa shape index (κ2) is 3.73. The van der Waals surface area contributed by atoms with Crippen molar-refractivity contribution < 1.29 is 0 Å². The van der Waals surface area contributed by atoms with Crippen LogP contribution in [-0.4, -0.2) is 12.6 Å². The molecular weight excluding hydrogens is 194 g/mol. The van der Waals surface area contributed by atoms with Crippen LogP contribution in [-0.2, 0) is 0 Å². The summed E-state index contributed by atoms with van der Waals surface area (Å²) in [6.07, 6.45) is 2.82. The van der Waals surface area contributed by atoms with Crippen LogP contribution in [0.5, 0.6) is 0 Å². The molecule has 0 heterocycles. The van der Waals surface area contributed by atoms with Gasteiger partial charge in [-0.25, -0.2) is 0 Å². The molecule has 0 aromatic rings. The lowest BCUT2D eigenvalue weighted by Crippen LogP contribution is -2.44. The molecule has 1 N–H and O–H groups in total. The Bertz CT molecular complexity index is 245. The number of rotatable bonds is 4. The van der Waals surface area contributed by atoms with E-state index in [0.717, 1.165) is 23.8 Å². The third-order valence-corrected chi connectivity index (χ3v) is 6.05. The summed E-state index contributed by atoms with van der Waals surface area (Å²) in [5, 5.41) is 3.78. The van der Waals surface area contributed by atoms with Gasteiger partial charge in [0.1, 0.15) is 0 Å². The van der Waals surface area contributed by atoms with Gasteiger partial charge in [0.15, 0.2) is 0 Å². The van der Waals surface area contributed by atoms with Gasteiger partial charge in [0.2, 0.25) is 0 Å². The topological polar surface area (TPSA) is 12.0 Å². The summed E-state index contributed by atoms with van der Waals surface area (Å²) < 4.78 is 0. The Morgan fingerprint density at radius 1 is 1.06 bits per heavy atom. The molecule has 0 saturated heterocycles. The lowest BCUT2D eigenvalue weighted by atomic mass is 9.73. The smallest absolute Gasteiger partial charge is 0.00726 e. The first-order valence-electron chi connectivity index (χ1n) is 7.00. The Balaban J connectivity index is 1.68. The van der Waals surface area contributed by atoms with E-state index in [4.69, 9.17) is 0 Å². The first kappa shape index (κ1) is 12.4. The third kappa shape index (κ3) is 1.81. The van der Waals surface area contributed by atoms with Crippen molar-refractivity contribution >= 4 is 0 Å². The van der Waals surface area contributed by atoms with E-state index in [1.165, 1.54) is 19.4 Å². The highest BCUT2D eigenvalue weighted by atomic mass is 15.0. The van der Waals surface area contributed by atoms with Crippen LogP contribution in [0, 0.1) is 28.6 Å². The maximum absolute atomic E-state index is 3.78. The van der Waals surface area contributed by atoms with Crippen LogP contribution in [0.2, 0.25) is 0 Å². The molecule has 0 bridgehead atoms. The molecule has 2 aliphatic carbocycles. The van der Waals surface area contributed by atoms with Crippen molar-refractivity contribution in [3.63, 3.8) is 0 Å². The van der Waals surface area contributed by atoms with Gasteiger partial charge >= 0.3 is 0 Å². The Kier molecular flexibility index (Phi) is 2.89. The Morgan fingerprint density at radius 3 is 1.94 bits per heavy atom. The van der Waals surface area contributed by atoms with Crippen LogP contribution < -0.4 is 5.32 Å². The molecule has 2 saturated carbocycles. The van der Waals surface area contributed by atoms with Crippen molar-refractivity contribution in [3.8, 4) is 0 Å². The normalized spacial score (nSPS) is 36.2. The fraction of sp³-hybridized carbons (Fsp3) is 1.00. The number of hydrogen-bond donors (Lipinski definition) is 1. The van der Waals surface area contributed by atoms with Crippen molar-refractivity contribution in [3.05, 3.63) is 0 Å². The predicted octanol–water partition coefficient (Wildman–Crippen LogP) is 3.69. The fourth-order valence-corrected chi connectivity index (χ4v) is 3.50. The summed E-state index contributed by atoms with van der Waals surface area (Å²) in [4.78, 5) is 0. The van der Waals surface area contributed by atoms with E-state index < -0.39 is 0 Å². The quantitative estimate of drug-likeness (QED) is 0.766. The van der Waals surface area contributed by atoms with Gasteiger partial charge in [0, 0.05) is 6.04 Å². The zero-order valence-corrected chi connectivity index (χ0v) is 11.9. The molecule has 0 aliphatic heterocycles. The summed E-state index contributed by atoms with van der Waals surface area (Å²) in [7, 11) is 0. The van der Waals surface area contributed by atoms with Gasteiger partial charge in [0.05, 0.1) is 0 Å². The molecule has 1 heteroatoms. The van der Waals surface area contributed by atoms with Crippen molar-refractivity contribution in [2.75, 3.05) is 6.54 Å². The summed E-state index contributed by atoms with van der Waals surface area (Å²) in [6, 6.07) is 0.819. The summed E-state index contributed by atoms with van der Waals surface area (Å²) in [5.41, 5.74) is 1.09. The van der Waals surface area contributed by atoms with Crippen LogP contribution in [0.1, 0.15) is 54.4 Å². The molecule has 0 aromatic heterocycles. The second-order valence-electron chi connectivity index (χ2n) is 7.58. The molecule has 2 rings (SSSR count). The minimum atomic E-state index is 0.543. The van der Waals surface area contributed by atoms with Gasteiger partial charge in [0.25, 0.3) is 0 Å². The SMILES string of the molecule is CC(C)C1CC(NCC2C(C)(C)C2(C)C)C1. The second-order valence-corrected chi connectivity index (χ2v) is 7.58. The zero-order chi connectivity index (χ0) is 12.1. The molecule has 2 aliphatic rings. The number of nitrogens with one attached hydrogen (secondary N) is 1. The van der Waals surface area contributed by atoms with Gasteiger partial charge < -0.3 is 5.32 Å². The van der Waals surface area contributed by atoms with E-state index in [1.54, 1.807) is 0 Å². The molecule has 0 spiro atoms. The van der Waals surface area contributed by atoms with E-state index in [9.17, 15) is 0 Å². The van der Waals surface area contributed by atoms with E-state index >= 15 is 0 Å². The first-order valence-corrected chi connectivity index (χ1v) is 7.00. The van der Waals surface area contributed by atoms with Gasteiger partial charge in [-0.2, -0.15) is 0 Å². The Labute approximate surface area is 101 Å². The molecule has 0 aromatic carbocycles. The lowest BCUT2D eigenvalue weighted by molar-refractivity contribution is 0.166. The fourth-order valence-electron chi connectivity index (χ4n) is 3.50. The van der Waals surface area contributed by atoms with Crippen molar-refractivity contribution in [1.29, 1.82) is 0 Å². The highest BCUT2D eigenvalue weighted by molar-refractivity contribution is 5.13. The Morgan fingerprint density at radius 2 is 1.56 bits per heavy atom. The van der Waals surface area contributed by atoms with Crippen LogP contribution in [0.15, 0.2) is 0 Å². The maximum atomic E-state index is 3.78. The standard InChI is InChI=1S/C15H29N/c1-10(2)11-7-12(8-11)16-9-13-14(3,4)15(13,5)6/h10-13,16H,7-9H2,1-6H3. The molecule has 0 unspecified atom stereocenters. The predicted molar refractivity (Wildman–Crippen MR) is 70.4 cm³/mol. The molecule has 0 amide bonds. The van der Waals surface area contributed by atoms with Crippen molar-refractivity contribution in [2.24, 2.45) is 28.6 Å². The van der Waals surface area contributed by atoms with Crippen LogP contribution in [0.3, 0.4) is 0 Å². The molecule has 2 fully saturated rings. The number of hydrogen-bond acceptors (Lipinski definition) is 1. The summed E-state index contributed by atoms with van der Waals surface area (Å²) in [5.74, 6) is 2.74. The minimum absolute atomic E-state index is 0.543. The van der Waals surface area contributed by atoms with Gasteiger partial charge in [-0.1, -0.05) is 41.5 Å². The first-order chi connectivity index (χ1) is 7.26. The summed E-state index contributed by atoms with van der Waals surface area (Å²) >= 11 is 0. The van der Waals surface area contributed by atoms with E-state index in [0.29, 0.717) is 10.8 Å². The highest BCUT2D eigenvalue weighted by Crippen LogP contribution is 2.68. The van der Waals surface area contributed by atoms with Crippen molar-refractivity contribution in [1.82, 2.24) is 5.32 Å². The average molecular weight is 223 g/mol. The molecule has 94 valence electrons. The van der Waals surface area contributed by atoms with Crippen LogP contribution >= 0.6 is 0 Å². The zero-order valence-electron chi connectivity index (χ0n) is 11.9. The molecule has 1 nitrogen and oxygen atoms in total. The van der Waals surface area contributed by atoms with E-state index in [1.807, 2.05) is 0 Å². The minimum Gasteiger partial charge on any atom is -0.314 e. The third-order valence-electron chi connectivity index (χ3n) is 6.05. The van der Waals surface area contributed by atoms with Crippen LogP contribution in [0.4, 0.5) is 0 Å². The van der Waals surface area contributed by atoms with E-state index in [2.05, 4.69) is 46.9 Å². The van der Waals surface area contributed by atoms with Gasteiger partial charge in [-0.15, -0.1) is 0 Å². The largest absolute Gasteiger partial charge is 0.314 e. The molecular formula is C15H29N. The Hall–Kier alpha value is -0.0400. The molecule has 0 radical (unpaired) electrons. The average Bonchev–Trinajstić information content (AvgIpc) is 2.42. The monoisotopic (exact) mass is 223 g/mol. The lowest BCUT2D eigenvalue weighted by Gasteiger charge is -2.39. The van der Waals surface area contributed by atoms with Crippen molar-refractivity contribution in [2.45, 2.75) is 60.4 Å². The van der Waals surface area contributed by atoms with Gasteiger partial charge in [-0.3, -0.25) is 0 Å².